The summed E-state index contributed by atoms with van der Waals surface area (Å²) in [6.07, 6.45) is 0. The molecule has 0 spiro atoms. The molecule has 0 unspecified atom stereocenters. The third-order valence-corrected chi connectivity index (χ3v) is 0. The molecule has 0 saturated heterocycles. The van der Waals surface area contributed by atoms with E-state index in [1.165, 1.54) is 0 Å². The third-order valence-electron chi connectivity index (χ3n) is 0. The summed E-state index contributed by atoms with van der Waals surface area (Å²) in [7, 11) is 0. The second-order valence-electron chi connectivity index (χ2n) is 0. The zero-order valence-corrected chi connectivity index (χ0v) is 8.04. The maximum atomic E-state index is 0. The van der Waals surface area contributed by atoms with Crippen LogP contribution in [0.5, 0.6) is 0 Å². The summed E-state index contributed by atoms with van der Waals surface area (Å²) < 4.78 is 0. The maximum Gasteiger partial charge on any atom is 0 e. The van der Waals surface area contributed by atoms with Gasteiger partial charge < -0.3 is 0 Å². The maximum absolute atomic E-state index is 0. The first-order chi connectivity index (χ1) is 0. The van der Waals surface area contributed by atoms with Crippen LogP contribution in [0.1, 0.15) is 0 Å². The minimum Gasteiger partial charge on any atom is 0 e. The third kappa shape index (κ3) is 8.86. The first kappa shape index (κ1) is 33.9. The minimum atomic E-state index is 0. The molecule has 0 bridgehead atoms. The van der Waals surface area contributed by atoms with Gasteiger partial charge in [0.15, 0.2) is 0 Å². The molecule has 0 aliphatic carbocycles. The van der Waals surface area contributed by atoms with Crippen LogP contribution in [0.15, 0.2) is 0 Å². The van der Waals surface area contributed by atoms with E-state index in [9.17, 15) is 0 Å². The molecule has 0 heterocycles. The Morgan fingerprint density at radius 1 is 1.00 bits per heavy atom. The van der Waals surface area contributed by atoms with E-state index in [-0.39, 0.29) is 72.6 Å². The Hall–Kier alpha value is 2.26. The number of hydrogen-bond acceptors (Lipinski definition) is 0. The van der Waals surface area contributed by atoms with Crippen molar-refractivity contribution >= 4 is 0 Å². The van der Waals surface area contributed by atoms with Gasteiger partial charge in [0.1, 0.15) is 0 Å². The van der Waals surface area contributed by atoms with Crippen LogP contribution in [-0.4, -0.2) is 0 Å². The van der Waals surface area contributed by atoms with Crippen molar-refractivity contribution in [2.45, 2.75) is 0 Å². The van der Waals surface area contributed by atoms with E-state index < -0.39 is 0 Å². The van der Waals surface area contributed by atoms with E-state index in [2.05, 4.69) is 0 Å². The van der Waals surface area contributed by atoms with Gasteiger partial charge in [-0.1, -0.05) is 0 Å². The molecule has 0 aromatic rings. The molecule has 27 valence electrons. The molecule has 0 aliphatic rings. The van der Waals surface area contributed by atoms with Crippen molar-refractivity contribution in [2.75, 3.05) is 0 Å². The van der Waals surface area contributed by atoms with Crippen LogP contribution in [-0.2, 0) is 72.6 Å². The van der Waals surface area contributed by atoms with Crippen molar-refractivity contribution in [1.82, 2.24) is 0 Å². The van der Waals surface area contributed by atoms with Gasteiger partial charge in [-0.05, 0) is 0 Å². The van der Waals surface area contributed by atoms with Crippen LogP contribution in [0, 0.1) is 0 Å². The van der Waals surface area contributed by atoms with Gasteiger partial charge in [0.2, 0.25) is 0 Å². The molecule has 0 aromatic carbocycles. The summed E-state index contributed by atoms with van der Waals surface area (Å²) in [5.41, 5.74) is 0. The smallest absolute Gasteiger partial charge is 0 e. The number of rotatable bonds is 0. The van der Waals surface area contributed by atoms with Crippen LogP contribution in [0.25, 0.3) is 0 Å². The molecule has 0 fully saturated rings. The van der Waals surface area contributed by atoms with Crippen molar-refractivity contribution in [3.63, 3.8) is 0 Å². The van der Waals surface area contributed by atoms with Gasteiger partial charge in [0, 0.05) is 72.6 Å². The molecular weight excluding hydrogens is 347 g/mol. The van der Waals surface area contributed by atoms with E-state index >= 15 is 0 Å². The zero-order valence-electron chi connectivity index (χ0n) is 1.55. The molecule has 0 nitrogen and oxygen atoms in total. The topological polar surface area (TPSA) is 0 Å². The molecule has 4 heavy (non-hydrogen) atoms. The van der Waals surface area contributed by atoms with Crippen LogP contribution in [0.4, 0.5) is 0 Å². The van der Waals surface area contributed by atoms with Crippen molar-refractivity contribution in [1.29, 1.82) is 0 Å². The standard InChI is InChI=1S/Cr.Fe.Mn.W. The van der Waals surface area contributed by atoms with Crippen LogP contribution in [0.2, 0.25) is 0 Å². The Morgan fingerprint density at radius 3 is 1.00 bits per heavy atom. The fourth-order valence-electron chi connectivity index (χ4n) is 0. The van der Waals surface area contributed by atoms with E-state index in [0.29, 0.717) is 0 Å². The summed E-state index contributed by atoms with van der Waals surface area (Å²) in [6.45, 7) is 0. The van der Waals surface area contributed by atoms with Gasteiger partial charge in [-0.3, -0.25) is 0 Å². The first-order valence-corrected chi connectivity index (χ1v) is 0. The second-order valence-corrected chi connectivity index (χ2v) is 0. The van der Waals surface area contributed by atoms with E-state index in [0.717, 1.165) is 0 Å². The van der Waals surface area contributed by atoms with Gasteiger partial charge in [0.05, 0.1) is 0 Å². The summed E-state index contributed by atoms with van der Waals surface area (Å²) in [4.78, 5) is 0. The van der Waals surface area contributed by atoms with Crippen molar-refractivity contribution in [3.8, 4) is 0 Å². The Labute approximate surface area is 71.8 Å². The van der Waals surface area contributed by atoms with Gasteiger partial charge in [-0.2, -0.15) is 0 Å². The molecule has 0 N–H and O–H groups in total. The SMILES string of the molecule is [Cr].[Fe].[Mn].[W]. The Balaban J connectivity index is 0. The molecule has 0 rings (SSSR count). The van der Waals surface area contributed by atoms with E-state index in [1.54, 1.807) is 0 Å². The molecule has 0 saturated carbocycles. The minimum absolute atomic E-state index is 0. The Bertz CT molecular complexity index is 8.00. The fraction of sp³-hybridized carbons (Fsp3) is 0. The molecule has 0 atom stereocenters. The predicted molar refractivity (Wildman–Crippen MR) is 0 cm³/mol. The monoisotopic (exact) mass is 347 g/mol. The van der Waals surface area contributed by atoms with Crippen molar-refractivity contribution < 1.29 is 72.6 Å². The largest absolute Gasteiger partial charge is 0 e. The molecular formula is CrFeMnW. The molecule has 1 radical (unpaired) electrons. The first-order valence-electron chi connectivity index (χ1n) is 0. The van der Waals surface area contributed by atoms with Crippen LogP contribution >= 0.6 is 0 Å². The summed E-state index contributed by atoms with van der Waals surface area (Å²) >= 11 is 0. The fourth-order valence-corrected chi connectivity index (χ4v) is 0. The molecule has 4 heteroatoms. The molecule has 0 amide bonds. The molecule has 0 aromatic heterocycles. The van der Waals surface area contributed by atoms with Crippen LogP contribution < -0.4 is 0 Å². The second kappa shape index (κ2) is 18.7. The summed E-state index contributed by atoms with van der Waals surface area (Å²) in [5, 5.41) is 0. The Kier molecular flexibility index (Phi) is 158. The summed E-state index contributed by atoms with van der Waals surface area (Å²) in [5.74, 6) is 0. The van der Waals surface area contributed by atoms with Crippen molar-refractivity contribution in [3.05, 3.63) is 0 Å². The Morgan fingerprint density at radius 2 is 1.00 bits per heavy atom. The van der Waals surface area contributed by atoms with E-state index in [4.69, 9.17) is 0 Å². The normalized spacial score (nSPS) is 0. The van der Waals surface area contributed by atoms with E-state index in [1.807, 2.05) is 0 Å². The van der Waals surface area contributed by atoms with Gasteiger partial charge in [-0.25, -0.2) is 0 Å². The van der Waals surface area contributed by atoms with Crippen LogP contribution in [0.3, 0.4) is 0 Å². The average Bonchev–Trinajstić information content (AvgIpc) is 0. The average molecular weight is 347 g/mol. The van der Waals surface area contributed by atoms with Gasteiger partial charge >= 0.3 is 0 Å². The number of hydrogen-bond donors (Lipinski definition) is 0. The zero-order chi connectivity index (χ0) is 0. The van der Waals surface area contributed by atoms with Crippen molar-refractivity contribution in [2.24, 2.45) is 0 Å². The van der Waals surface area contributed by atoms with Gasteiger partial charge in [0.25, 0.3) is 0 Å². The summed E-state index contributed by atoms with van der Waals surface area (Å²) in [6, 6.07) is 0. The van der Waals surface area contributed by atoms with Gasteiger partial charge in [-0.15, -0.1) is 0 Å². The quantitative estimate of drug-likeness (QED) is 0.541. The predicted octanol–water partition coefficient (Wildman–Crippen LogP) is -0.0100. The molecule has 0 aliphatic heterocycles.